The van der Waals surface area contributed by atoms with E-state index < -0.39 is 0 Å². The smallest absolute Gasteiger partial charge is 0.319 e. The zero-order valence-electron chi connectivity index (χ0n) is 15.3. The molecule has 142 valence electrons. The van der Waals surface area contributed by atoms with Gasteiger partial charge in [-0.1, -0.05) is 0 Å². The molecular formula is C19H23N5O3. The van der Waals surface area contributed by atoms with E-state index in [4.69, 9.17) is 9.47 Å². The van der Waals surface area contributed by atoms with Gasteiger partial charge < -0.3 is 25.0 Å². The van der Waals surface area contributed by atoms with Crippen LogP contribution < -0.4 is 25.0 Å². The third-order valence-electron chi connectivity index (χ3n) is 4.51. The van der Waals surface area contributed by atoms with Crippen LogP contribution in [-0.4, -0.2) is 42.3 Å². The van der Waals surface area contributed by atoms with E-state index in [0.717, 1.165) is 30.4 Å². The van der Waals surface area contributed by atoms with Gasteiger partial charge in [0, 0.05) is 30.5 Å². The van der Waals surface area contributed by atoms with Crippen LogP contribution in [0.1, 0.15) is 24.2 Å². The number of aromatic nitrogens is 2. The van der Waals surface area contributed by atoms with E-state index in [1.807, 2.05) is 13.0 Å². The second-order valence-corrected chi connectivity index (χ2v) is 6.66. The van der Waals surface area contributed by atoms with Crippen molar-refractivity contribution >= 4 is 17.7 Å². The summed E-state index contributed by atoms with van der Waals surface area (Å²) in [5.74, 6) is 2.08. The number of ether oxygens (including phenoxy) is 2. The molecular weight excluding hydrogens is 346 g/mol. The van der Waals surface area contributed by atoms with Crippen molar-refractivity contribution in [3.8, 4) is 11.5 Å². The highest BCUT2D eigenvalue weighted by atomic mass is 16.6. The molecule has 0 saturated carbocycles. The summed E-state index contributed by atoms with van der Waals surface area (Å²) in [5, 5.41) is 5.65. The highest BCUT2D eigenvalue weighted by Gasteiger charge is 2.16. The van der Waals surface area contributed by atoms with Crippen LogP contribution >= 0.6 is 0 Å². The minimum atomic E-state index is -0.300. The number of amides is 2. The number of nitrogens with one attached hydrogen (secondary N) is 2. The summed E-state index contributed by atoms with van der Waals surface area (Å²) in [6.07, 6.45) is 2.34. The number of urea groups is 1. The van der Waals surface area contributed by atoms with Crippen molar-refractivity contribution in [2.45, 2.75) is 26.3 Å². The average Bonchev–Trinajstić information content (AvgIpc) is 3.21. The number of aryl methyl sites for hydroxylation is 1. The van der Waals surface area contributed by atoms with Gasteiger partial charge in [-0.25, -0.2) is 14.8 Å². The van der Waals surface area contributed by atoms with Gasteiger partial charge in [-0.05, 0) is 38.0 Å². The molecule has 2 aromatic rings. The van der Waals surface area contributed by atoms with Gasteiger partial charge in [0.1, 0.15) is 13.2 Å². The highest BCUT2D eigenvalue weighted by Crippen LogP contribution is 2.32. The summed E-state index contributed by atoms with van der Waals surface area (Å²) in [6.45, 7) is 5.30. The van der Waals surface area contributed by atoms with Gasteiger partial charge in [0.2, 0.25) is 5.95 Å². The van der Waals surface area contributed by atoms with Gasteiger partial charge in [-0.15, -0.1) is 0 Å². The molecule has 1 fully saturated rings. The third kappa shape index (κ3) is 4.21. The first-order valence-corrected chi connectivity index (χ1v) is 9.21. The maximum absolute atomic E-state index is 12.2. The predicted octanol–water partition coefficient (Wildman–Crippen LogP) is 2.48. The summed E-state index contributed by atoms with van der Waals surface area (Å²) in [6, 6.07) is 6.93. The zero-order chi connectivity index (χ0) is 18.6. The number of fused-ring (bicyclic) bond motifs is 1. The number of carbonyl (C=O) groups excluding carboxylic acids is 1. The molecule has 27 heavy (non-hydrogen) atoms. The molecule has 0 atom stereocenters. The normalized spacial score (nSPS) is 15.5. The minimum absolute atomic E-state index is 0.300. The van der Waals surface area contributed by atoms with Crippen molar-refractivity contribution in [3.63, 3.8) is 0 Å². The Hall–Kier alpha value is -3.03. The number of anilines is 2. The lowest BCUT2D eigenvalue weighted by Gasteiger charge is -2.19. The lowest BCUT2D eigenvalue weighted by atomic mass is 10.2. The molecule has 0 spiro atoms. The second-order valence-electron chi connectivity index (χ2n) is 6.66. The zero-order valence-corrected chi connectivity index (χ0v) is 15.3. The standard InChI is InChI=1S/C19H23N5O3/c1-13-10-15(22-18(21-13)24-6-2-3-7-24)12-20-19(25)23-14-4-5-16-17(11-14)27-9-8-26-16/h4-5,10-11H,2-3,6-9,12H2,1H3,(H2,20,23,25). The molecule has 1 saturated heterocycles. The fourth-order valence-corrected chi connectivity index (χ4v) is 3.23. The number of carbonyl (C=O) groups is 1. The lowest BCUT2D eigenvalue weighted by Crippen LogP contribution is -2.29. The fourth-order valence-electron chi connectivity index (χ4n) is 3.23. The molecule has 0 unspecified atom stereocenters. The predicted molar refractivity (Wildman–Crippen MR) is 102 cm³/mol. The van der Waals surface area contributed by atoms with E-state index in [-0.39, 0.29) is 6.03 Å². The Balaban J connectivity index is 1.36. The molecule has 2 amide bonds. The van der Waals surface area contributed by atoms with E-state index >= 15 is 0 Å². The van der Waals surface area contributed by atoms with Gasteiger partial charge in [0.25, 0.3) is 0 Å². The van der Waals surface area contributed by atoms with Gasteiger partial charge in [0.15, 0.2) is 11.5 Å². The van der Waals surface area contributed by atoms with Crippen LogP contribution in [0.5, 0.6) is 11.5 Å². The Morgan fingerprint density at radius 3 is 2.70 bits per heavy atom. The highest BCUT2D eigenvalue weighted by molar-refractivity contribution is 5.89. The first kappa shape index (κ1) is 17.4. The Labute approximate surface area is 157 Å². The molecule has 4 rings (SSSR count). The first-order valence-electron chi connectivity index (χ1n) is 9.21. The number of hydrogen-bond donors (Lipinski definition) is 2. The van der Waals surface area contributed by atoms with Crippen molar-refractivity contribution in [2.24, 2.45) is 0 Å². The van der Waals surface area contributed by atoms with Gasteiger partial charge in [-0.3, -0.25) is 0 Å². The van der Waals surface area contributed by atoms with E-state index in [1.54, 1.807) is 18.2 Å². The SMILES string of the molecule is Cc1cc(CNC(=O)Nc2ccc3c(c2)OCCO3)nc(N2CCCC2)n1. The molecule has 8 heteroatoms. The Morgan fingerprint density at radius 2 is 1.89 bits per heavy atom. The van der Waals surface area contributed by atoms with E-state index in [2.05, 4.69) is 25.5 Å². The van der Waals surface area contributed by atoms with Crippen LogP contribution in [-0.2, 0) is 6.54 Å². The van der Waals surface area contributed by atoms with Gasteiger partial charge in [0.05, 0.1) is 12.2 Å². The van der Waals surface area contributed by atoms with Crippen LogP contribution in [0.15, 0.2) is 24.3 Å². The van der Waals surface area contributed by atoms with E-state index in [1.165, 1.54) is 12.8 Å². The molecule has 0 aliphatic carbocycles. The Bertz CT molecular complexity index is 836. The van der Waals surface area contributed by atoms with E-state index in [0.29, 0.717) is 36.9 Å². The second kappa shape index (κ2) is 7.69. The summed E-state index contributed by atoms with van der Waals surface area (Å²) < 4.78 is 11.0. The van der Waals surface area contributed by atoms with Gasteiger partial charge in [-0.2, -0.15) is 0 Å². The Kier molecular flexibility index (Phi) is 4.95. The molecule has 1 aromatic carbocycles. The molecule has 0 radical (unpaired) electrons. The van der Waals surface area contributed by atoms with Crippen LogP contribution in [0.2, 0.25) is 0 Å². The number of rotatable bonds is 4. The molecule has 1 aromatic heterocycles. The molecule has 3 heterocycles. The molecule has 2 aliphatic heterocycles. The van der Waals surface area contributed by atoms with Crippen molar-refractivity contribution in [1.82, 2.24) is 15.3 Å². The van der Waals surface area contributed by atoms with E-state index in [9.17, 15) is 4.79 Å². The van der Waals surface area contributed by atoms with Crippen LogP contribution in [0, 0.1) is 6.92 Å². The lowest BCUT2D eigenvalue weighted by molar-refractivity contribution is 0.171. The average molecular weight is 369 g/mol. The topological polar surface area (TPSA) is 88.6 Å². The minimum Gasteiger partial charge on any atom is -0.486 e. The number of nitrogens with zero attached hydrogens (tertiary/aromatic N) is 3. The maximum atomic E-state index is 12.2. The van der Waals surface area contributed by atoms with Gasteiger partial charge >= 0.3 is 6.03 Å². The maximum Gasteiger partial charge on any atom is 0.319 e. The summed E-state index contributed by atoms with van der Waals surface area (Å²) in [7, 11) is 0. The quantitative estimate of drug-likeness (QED) is 0.861. The molecule has 2 N–H and O–H groups in total. The first-order chi connectivity index (χ1) is 13.2. The largest absolute Gasteiger partial charge is 0.486 e. The summed E-state index contributed by atoms with van der Waals surface area (Å²) >= 11 is 0. The van der Waals surface area contributed by atoms with Crippen LogP contribution in [0.3, 0.4) is 0 Å². The number of hydrogen-bond acceptors (Lipinski definition) is 6. The van der Waals surface area contributed by atoms with Crippen molar-refractivity contribution < 1.29 is 14.3 Å². The fraction of sp³-hybridized carbons (Fsp3) is 0.421. The molecule has 8 nitrogen and oxygen atoms in total. The monoisotopic (exact) mass is 369 g/mol. The molecule has 0 bridgehead atoms. The summed E-state index contributed by atoms with van der Waals surface area (Å²) in [4.78, 5) is 23.5. The molecule has 2 aliphatic rings. The van der Waals surface area contributed by atoms with Crippen molar-refractivity contribution in [2.75, 3.05) is 36.5 Å². The van der Waals surface area contributed by atoms with Crippen LogP contribution in [0.4, 0.5) is 16.4 Å². The third-order valence-corrected chi connectivity index (χ3v) is 4.51. The van der Waals surface area contributed by atoms with Crippen molar-refractivity contribution in [1.29, 1.82) is 0 Å². The summed E-state index contributed by atoms with van der Waals surface area (Å²) in [5.41, 5.74) is 2.34. The van der Waals surface area contributed by atoms with Crippen molar-refractivity contribution in [3.05, 3.63) is 35.7 Å². The van der Waals surface area contributed by atoms with Crippen LogP contribution in [0.25, 0.3) is 0 Å². The number of benzene rings is 1. The Morgan fingerprint density at radius 1 is 1.11 bits per heavy atom.